The van der Waals surface area contributed by atoms with Crippen molar-refractivity contribution in [2.24, 2.45) is 5.92 Å². The van der Waals surface area contributed by atoms with Crippen LogP contribution in [0.5, 0.6) is 0 Å². The molecule has 0 saturated carbocycles. The molecule has 0 fully saturated rings. The summed E-state index contributed by atoms with van der Waals surface area (Å²) in [4.78, 5) is 2.29. The molecule has 0 aliphatic rings. The number of nitrogens with zero attached hydrogens (tertiary/aromatic N) is 1. The lowest BCUT2D eigenvalue weighted by atomic mass is 10.2. The van der Waals surface area contributed by atoms with Gasteiger partial charge in [0.15, 0.2) is 0 Å². The Morgan fingerprint density at radius 2 is 2.22 bits per heavy atom. The van der Waals surface area contributed by atoms with Gasteiger partial charge in [0.1, 0.15) is 5.76 Å². The van der Waals surface area contributed by atoms with Gasteiger partial charge in [0.2, 0.25) is 0 Å². The Bertz CT molecular complexity index is 325. The number of nitrogens with one attached hydrogen (secondary N) is 1. The molecular weight excluding hydrogens is 244 g/mol. The molecule has 0 saturated heterocycles. The molecule has 0 atom stereocenters. The third-order valence-electron chi connectivity index (χ3n) is 2.69. The average Bonchev–Trinajstić information content (AvgIpc) is 2.73. The Morgan fingerprint density at radius 1 is 1.44 bits per heavy atom. The summed E-state index contributed by atoms with van der Waals surface area (Å²) >= 11 is 1.88. The fourth-order valence-electron chi connectivity index (χ4n) is 1.70. The zero-order chi connectivity index (χ0) is 13.4. The van der Waals surface area contributed by atoms with Gasteiger partial charge in [-0.2, -0.15) is 11.8 Å². The second kappa shape index (κ2) is 8.62. The second-order valence-electron chi connectivity index (χ2n) is 5.18. The van der Waals surface area contributed by atoms with Crippen molar-refractivity contribution in [3.8, 4) is 0 Å². The normalized spacial score (nSPS) is 11.7. The molecule has 0 aliphatic carbocycles. The highest BCUT2D eigenvalue weighted by Gasteiger charge is 2.05. The molecule has 1 aromatic heterocycles. The van der Waals surface area contributed by atoms with Gasteiger partial charge in [-0.05, 0) is 31.8 Å². The monoisotopic (exact) mass is 270 g/mol. The highest BCUT2D eigenvalue weighted by molar-refractivity contribution is 7.98. The number of hydrogen-bond donors (Lipinski definition) is 1. The van der Waals surface area contributed by atoms with Gasteiger partial charge in [-0.25, -0.2) is 0 Å². The molecule has 18 heavy (non-hydrogen) atoms. The first-order chi connectivity index (χ1) is 8.61. The maximum absolute atomic E-state index is 5.58. The second-order valence-corrected chi connectivity index (χ2v) is 6.16. The van der Waals surface area contributed by atoms with Crippen LogP contribution in [-0.4, -0.2) is 37.0 Å². The summed E-state index contributed by atoms with van der Waals surface area (Å²) in [5, 5.41) is 3.43. The van der Waals surface area contributed by atoms with Gasteiger partial charge in [-0.1, -0.05) is 13.8 Å². The number of thioether (sulfide) groups is 1. The summed E-state index contributed by atoms with van der Waals surface area (Å²) in [6.07, 6.45) is 4.00. The van der Waals surface area contributed by atoms with E-state index in [1.807, 2.05) is 18.0 Å². The standard InChI is InChI=1S/C14H26N2OS/c1-12(2)8-15-9-13-7-14(17-11-13)10-16(3)5-6-18-4/h7,11-12,15H,5-6,8-10H2,1-4H3. The number of rotatable bonds is 9. The van der Waals surface area contributed by atoms with Gasteiger partial charge < -0.3 is 9.73 Å². The molecule has 0 aromatic carbocycles. The Balaban J connectivity index is 2.29. The van der Waals surface area contributed by atoms with Crippen LogP contribution >= 0.6 is 11.8 Å². The minimum Gasteiger partial charge on any atom is -0.468 e. The summed E-state index contributed by atoms with van der Waals surface area (Å²) in [5.41, 5.74) is 1.24. The van der Waals surface area contributed by atoms with Crippen molar-refractivity contribution in [3.63, 3.8) is 0 Å². The first kappa shape index (κ1) is 15.6. The molecule has 0 radical (unpaired) electrons. The maximum atomic E-state index is 5.58. The van der Waals surface area contributed by atoms with Crippen molar-refractivity contribution in [1.29, 1.82) is 0 Å². The van der Waals surface area contributed by atoms with Crippen molar-refractivity contribution in [2.75, 3.05) is 32.1 Å². The number of hydrogen-bond acceptors (Lipinski definition) is 4. The first-order valence-corrected chi connectivity index (χ1v) is 7.95. The summed E-state index contributed by atoms with van der Waals surface area (Å²) in [6, 6.07) is 2.16. The Labute approximate surface area is 115 Å². The average molecular weight is 270 g/mol. The fraction of sp³-hybridized carbons (Fsp3) is 0.714. The third kappa shape index (κ3) is 6.47. The smallest absolute Gasteiger partial charge is 0.118 e. The van der Waals surface area contributed by atoms with E-state index in [-0.39, 0.29) is 0 Å². The fourth-order valence-corrected chi connectivity index (χ4v) is 2.19. The van der Waals surface area contributed by atoms with Crippen molar-refractivity contribution in [1.82, 2.24) is 10.2 Å². The lowest BCUT2D eigenvalue weighted by Gasteiger charge is -2.13. The maximum Gasteiger partial charge on any atom is 0.118 e. The molecule has 0 amide bonds. The summed E-state index contributed by atoms with van der Waals surface area (Å²) < 4.78 is 5.58. The van der Waals surface area contributed by atoms with E-state index in [2.05, 4.69) is 43.4 Å². The predicted octanol–water partition coefficient (Wildman–Crippen LogP) is 2.82. The Hall–Kier alpha value is -0.450. The molecule has 0 spiro atoms. The van der Waals surface area contributed by atoms with Gasteiger partial charge in [0.05, 0.1) is 12.8 Å². The molecule has 4 heteroatoms. The van der Waals surface area contributed by atoms with E-state index in [0.717, 1.165) is 31.9 Å². The Kier molecular flexibility index (Phi) is 7.47. The predicted molar refractivity (Wildman–Crippen MR) is 80.0 cm³/mol. The molecule has 0 unspecified atom stereocenters. The minimum atomic E-state index is 0.689. The van der Waals surface area contributed by atoms with Crippen LogP contribution in [0, 0.1) is 5.92 Å². The van der Waals surface area contributed by atoms with Crippen molar-refractivity contribution in [3.05, 3.63) is 23.7 Å². The molecule has 1 rings (SSSR count). The largest absolute Gasteiger partial charge is 0.468 e. The van der Waals surface area contributed by atoms with Crippen LogP contribution in [0.15, 0.2) is 16.7 Å². The molecule has 0 aliphatic heterocycles. The van der Waals surface area contributed by atoms with Gasteiger partial charge in [-0.3, -0.25) is 4.90 Å². The van der Waals surface area contributed by atoms with Crippen LogP contribution in [0.25, 0.3) is 0 Å². The molecule has 0 bridgehead atoms. The van der Waals surface area contributed by atoms with Crippen LogP contribution in [0.2, 0.25) is 0 Å². The van der Waals surface area contributed by atoms with Gasteiger partial charge in [-0.15, -0.1) is 0 Å². The van der Waals surface area contributed by atoms with Gasteiger partial charge in [0.25, 0.3) is 0 Å². The van der Waals surface area contributed by atoms with E-state index in [1.54, 1.807) is 0 Å². The summed E-state index contributed by atoms with van der Waals surface area (Å²) in [7, 11) is 2.13. The van der Waals surface area contributed by atoms with Gasteiger partial charge >= 0.3 is 0 Å². The zero-order valence-electron chi connectivity index (χ0n) is 12.0. The first-order valence-electron chi connectivity index (χ1n) is 6.56. The molecular formula is C14H26N2OS. The van der Waals surface area contributed by atoms with Crippen LogP contribution in [0.3, 0.4) is 0 Å². The molecule has 1 N–H and O–H groups in total. The van der Waals surface area contributed by atoms with E-state index in [0.29, 0.717) is 5.92 Å². The zero-order valence-corrected chi connectivity index (χ0v) is 12.8. The highest BCUT2D eigenvalue weighted by Crippen LogP contribution is 2.10. The van der Waals surface area contributed by atoms with Crippen molar-refractivity contribution >= 4 is 11.8 Å². The van der Waals surface area contributed by atoms with E-state index in [4.69, 9.17) is 4.42 Å². The number of furan rings is 1. The molecule has 1 aromatic rings. The third-order valence-corrected chi connectivity index (χ3v) is 3.28. The lowest BCUT2D eigenvalue weighted by Crippen LogP contribution is -2.20. The van der Waals surface area contributed by atoms with Crippen LogP contribution < -0.4 is 5.32 Å². The quantitative estimate of drug-likeness (QED) is 0.747. The SMILES string of the molecule is CSCCN(C)Cc1cc(CNCC(C)C)co1. The topological polar surface area (TPSA) is 28.4 Å². The van der Waals surface area contributed by atoms with Gasteiger partial charge in [0, 0.05) is 24.4 Å². The summed E-state index contributed by atoms with van der Waals surface area (Å²) in [5.74, 6) is 2.91. The van der Waals surface area contributed by atoms with Crippen molar-refractivity contribution < 1.29 is 4.42 Å². The molecule has 3 nitrogen and oxygen atoms in total. The lowest BCUT2D eigenvalue weighted by molar-refractivity contribution is 0.311. The van der Waals surface area contributed by atoms with E-state index in [9.17, 15) is 0 Å². The van der Waals surface area contributed by atoms with E-state index >= 15 is 0 Å². The van der Waals surface area contributed by atoms with E-state index < -0.39 is 0 Å². The van der Waals surface area contributed by atoms with Crippen LogP contribution in [0.1, 0.15) is 25.2 Å². The summed E-state index contributed by atoms with van der Waals surface area (Å²) in [6.45, 7) is 8.38. The molecule has 104 valence electrons. The van der Waals surface area contributed by atoms with Crippen LogP contribution in [-0.2, 0) is 13.1 Å². The highest BCUT2D eigenvalue weighted by atomic mass is 32.2. The van der Waals surface area contributed by atoms with Crippen LogP contribution in [0.4, 0.5) is 0 Å². The van der Waals surface area contributed by atoms with E-state index in [1.165, 1.54) is 11.3 Å². The minimum absolute atomic E-state index is 0.689. The molecule has 1 heterocycles. The Morgan fingerprint density at radius 3 is 2.89 bits per heavy atom. The van der Waals surface area contributed by atoms with Crippen molar-refractivity contribution in [2.45, 2.75) is 26.9 Å².